The van der Waals surface area contributed by atoms with E-state index < -0.39 is 11.6 Å². The van der Waals surface area contributed by atoms with Gasteiger partial charge < -0.3 is 5.73 Å². The van der Waals surface area contributed by atoms with E-state index in [1.807, 2.05) is 0 Å². The zero-order chi connectivity index (χ0) is 10.1. The number of alkyl halides is 3. The van der Waals surface area contributed by atoms with Crippen molar-refractivity contribution in [3.63, 3.8) is 0 Å². The third-order valence-electron chi connectivity index (χ3n) is 2.64. The quantitative estimate of drug-likeness (QED) is 0.692. The highest BCUT2D eigenvalue weighted by atomic mass is 35.5. The lowest BCUT2D eigenvalue weighted by molar-refractivity contribution is -0.212. The third-order valence-corrected chi connectivity index (χ3v) is 2.64. The van der Waals surface area contributed by atoms with Crippen molar-refractivity contribution in [3.8, 4) is 6.07 Å². The van der Waals surface area contributed by atoms with Crippen LogP contribution in [0.5, 0.6) is 0 Å². The summed E-state index contributed by atoms with van der Waals surface area (Å²) >= 11 is 0. The summed E-state index contributed by atoms with van der Waals surface area (Å²) in [5.41, 5.74) is 3.34. The zero-order valence-corrected chi connectivity index (χ0v) is 8.29. The Morgan fingerprint density at radius 1 is 1.29 bits per heavy atom. The van der Waals surface area contributed by atoms with Gasteiger partial charge in [-0.3, -0.25) is 0 Å². The molecule has 1 aliphatic carbocycles. The molecule has 1 rings (SSSR count). The van der Waals surface area contributed by atoms with Gasteiger partial charge in [-0.2, -0.15) is 18.4 Å². The maximum absolute atomic E-state index is 12.5. The summed E-state index contributed by atoms with van der Waals surface area (Å²) in [5.74, 6) is 0. The average molecular weight is 229 g/mol. The molecule has 14 heavy (non-hydrogen) atoms. The predicted molar refractivity (Wildman–Crippen MR) is 47.8 cm³/mol. The van der Waals surface area contributed by atoms with Crippen LogP contribution < -0.4 is 5.73 Å². The Kier molecular flexibility index (Phi) is 4.22. The topological polar surface area (TPSA) is 49.8 Å². The highest BCUT2D eigenvalue weighted by molar-refractivity contribution is 5.85. The van der Waals surface area contributed by atoms with Gasteiger partial charge in [0, 0.05) is 6.04 Å². The van der Waals surface area contributed by atoms with Crippen molar-refractivity contribution in [1.29, 1.82) is 5.26 Å². The number of hydrogen-bond donors (Lipinski definition) is 1. The van der Waals surface area contributed by atoms with Crippen LogP contribution in [0.1, 0.15) is 25.7 Å². The second-order valence-electron chi connectivity index (χ2n) is 3.53. The van der Waals surface area contributed by atoms with Crippen LogP contribution in [0.3, 0.4) is 0 Å². The first-order valence-electron chi connectivity index (χ1n) is 4.15. The highest BCUT2D eigenvalue weighted by Crippen LogP contribution is 2.47. The van der Waals surface area contributed by atoms with Crippen LogP contribution in [0.2, 0.25) is 0 Å². The van der Waals surface area contributed by atoms with E-state index in [2.05, 4.69) is 0 Å². The van der Waals surface area contributed by atoms with Crippen molar-refractivity contribution >= 4 is 12.4 Å². The van der Waals surface area contributed by atoms with E-state index in [0.29, 0.717) is 0 Å². The summed E-state index contributed by atoms with van der Waals surface area (Å²) in [6.07, 6.45) is -4.16. The SMILES string of the molecule is Cl.N#CC1(C(F)(F)F)CCC(N)CC1. The number of rotatable bonds is 0. The van der Waals surface area contributed by atoms with Crippen molar-refractivity contribution in [2.75, 3.05) is 0 Å². The molecule has 0 aromatic rings. The molecule has 0 aromatic carbocycles. The summed E-state index contributed by atoms with van der Waals surface area (Å²) in [7, 11) is 0. The lowest BCUT2D eigenvalue weighted by Crippen LogP contribution is -2.42. The monoisotopic (exact) mass is 228 g/mol. The first kappa shape index (κ1) is 13.5. The third kappa shape index (κ3) is 2.31. The van der Waals surface area contributed by atoms with Gasteiger partial charge in [0.2, 0.25) is 0 Å². The summed E-state index contributed by atoms with van der Waals surface area (Å²) in [6.45, 7) is 0. The molecule has 0 heterocycles. The van der Waals surface area contributed by atoms with Crippen LogP contribution in [0.25, 0.3) is 0 Å². The second kappa shape index (κ2) is 4.37. The lowest BCUT2D eigenvalue weighted by atomic mass is 9.73. The van der Waals surface area contributed by atoms with Crippen LogP contribution in [0, 0.1) is 16.7 Å². The Hall–Kier alpha value is -0.470. The number of nitrogens with zero attached hydrogens (tertiary/aromatic N) is 1. The molecule has 0 atom stereocenters. The van der Waals surface area contributed by atoms with E-state index in [4.69, 9.17) is 11.0 Å². The van der Waals surface area contributed by atoms with E-state index in [9.17, 15) is 13.2 Å². The van der Waals surface area contributed by atoms with Gasteiger partial charge in [-0.25, -0.2) is 0 Å². The fourth-order valence-electron chi connectivity index (χ4n) is 1.59. The maximum atomic E-state index is 12.5. The normalized spacial score (nSPS) is 32.9. The van der Waals surface area contributed by atoms with Gasteiger partial charge >= 0.3 is 6.18 Å². The number of halogens is 4. The fraction of sp³-hybridized carbons (Fsp3) is 0.875. The largest absolute Gasteiger partial charge is 0.407 e. The van der Waals surface area contributed by atoms with Crippen LogP contribution in [-0.2, 0) is 0 Å². The van der Waals surface area contributed by atoms with Gasteiger partial charge in [0.05, 0.1) is 6.07 Å². The molecule has 0 amide bonds. The molecule has 1 aliphatic rings. The first-order chi connectivity index (χ1) is 5.91. The van der Waals surface area contributed by atoms with Gasteiger partial charge in [0.15, 0.2) is 5.41 Å². The molecule has 0 radical (unpaired) electrons. The molecular weight excluding hydrogens is 217 g/mol. The van der Waals surface area contributed by atoms with Gasteiger partial charge in [-0.15, -0.1) is 12.4 Å². The molecule has 0 aliphatic heterocycles. The molecule has 1 fully saturated rings. The smallest absolute Gasteiger partial charge is 0.328 e. The van der Waals surface area contributed by atoms with Crippen molar-refractivity contribution in [2.24, 2.45) is 11.1 Å². The maximum Gasteiger partial charge on any atom is 0.407 e. The number of nitriles is 1. The molecular formula is C8H12ClF3N2. The van der Waals surface area contributed by atoms with E-state index >= 15 is 0 Å². The molecule has 1 saturated carbocycles. The van der Waals surface area contributed by atoms with Gasteiger partial charge in [0.1, 0.15) is 0 Å². The summed E-state index contributed by atoms with van der Waals surface area (Å²) in [4.78, 5) is 0. The molecule has 0 bridgehead atoms. The Morgan fingerprint density at radius 3 is 2.00 bits per heavy atom. The van der Waals surface area contributed by atoms with Crippen molar-refractivity contribution in [1.82, 2.24) is 0 Å². The van der Waals surface area contributed by atoms with Crippen LogP contribution in [-0.4, -0.2) is 12.2 Å². The van der Waals surface area contributed by atoms with E-state index in [-0.39, 0.29) is 44.1 Å². The van der Waals surface area contributed by atoms with E-state index in [0.717, 1.165) is 0 Å². The van der Waals surface area contributed by atoms with Crippen LogP contribution in [0.15, 0.2) is 0 Å². The van der Waals surface area contributed by atoms with Crippen LogP contribution >= 0.6 is 12.4 Å². The molecule has 0 spiro atoms. The standard InChI is InChI=1S/C8H11F3N2.ClH/c9-8(10,11)7(5-12)3-1-6(13)2-4-7;/h6H,1-4,13H2;1H. The number of nitrogens with two attached hydrogens (primary N) is 1. The molecule has 0 aromatic heterocycles. The minimum Gasteiger partial charge on any atom is -0.328 e. The highest BCUT2D eigenvalue weighted by Gasteiger charge is 2.56. The van der Waals surface area contributed by atoms with Gasteiger partial charge in [0.25, 0.3) is 0 Å². The predicted octanol–water partition coefficient (Wildman–Crippen LogP) is 2.38. The van der Waals surface area contributed by atoms with Gasteiger partial charge in [-0.05, 0) is 25.7 Å². The Bertz CT molecular complexity index is 226. The van der Waals surface area contributed by atoms with Crippen LogP contribution in [0.4, 0.5) is 13.2 Å². The van der Waals surface area contributed by atoms with E-state index in [1.165, 1.54) is 6.07 Å². The zero-order valence-electron chi connectivity index (χ0n) is 7.47. The first-order valence-corrected chi connectivity index (χ1v) is 4.15. The second-order valence-corrected chi connectivity index (χ2v) is 3.53. The van der Waals surface area contributed by atoms with Crippen molar-refractivity contribution in [3.05, 3.63) is 0 Å². The molecule has 82 valence electrons. The number of hydrogen-bond acceptors (Lipinski definition) is 2. The summed E-state index contributed by atoms with van der Waals surface area (Å²) in [5, 5.41) is 8.55. The van der Waals surface area contributed by atoms with Crippen molar-refractivity contribution in [2.45, 2.75) is 37.9 Å². The molecule has 0 saturated heterocycles. The fourth-order valence-corrected chi connectivity index (χ4v) is 1.59. The average Bonchev–Trinajstić information content (AvgIpc) is 2.04. The summed E-state index contributed by atoms with van der Waals surface area (Å²) in [6, 6.07) is 1.22. The Morgan fingerprint density at radius 2 is 1.71 bits per heavy atom. The summed E-state index contributed by atoms with van der Waals surface area (Å²) < 4.78 is 37.4. The molecule has 2 N–H and O–H groups in total. The molecule has 6 heteroatoms. The molecule has 0 unspecified atom stereocenters. The minimum absolute atomic E-state index is 0. The van der Waals surface area contributed by atoms with Crippen molar-refractivity contribution < 1.29 is 13.2 Å². The Labute approximate surface area is 86.7 Å². The molecule has 2 nitrogen and oxygen atoms in total. The minimum atomic E-state index is -4.41. The Balaban J connectivity index is 0.00000169. The van der Waals surface area contributed by atoms with Gasteiger partial charge in [-0.1, -0.05) is 0 Å². The lowest BCUT2D eigenvalue weighted by Gasteiger charge is -2.34. The van der Waals surface area contributed by atoms with E-state index in [1.54, 1.807) is 0 Å².